The summed E-state index contributed by atoms with van der Waals surface area (Å²) in [5.74, 6) is 4.23. The predicted molar refractivity (Wildman–Crippen MR) is 42.5 cm³/mol. The molecule has 0 radical (unpaired) electrons. The molecule has 1 unspecified atom stereocenters. The minimum atomic E-state index is -0.576. The molecule has 0 heterocycles. The van der Waals surface area contributed by atoms with E-state index in [-0.39, 0.29) is 6.10 Å². The molecular weight excluding hydrogens is 160 g/mol. The summed E-state index contributed by atoms with van der Waals surface area (Å²) in [5, 5.41) is 0. The molecule has 0 saturated carbocycles. The highest BCUT2D eigenvalue weighted by atomic mass is 16.5. The Balaban J connectivity index is 3.95. The lowest BCUT2D eigenvalue weighted by Gasteiger charge is -2.05. The summed E-state index contributed by atoms with van der Waals surface area (Å²) in [6.07, 6.45) is -0.380. The highest BCUT2D eigenvalue weighted by Gasteiger charge is 2.01. The third-order valence-corrected chi connectivity index (χ3v) is 1.12. The third-order valence-electron chi connectivity index (χ3n) is 1.12. The van der Waals surface area contributed by atoms with E-state index in [1.165, 1.54) is 21.3 Å². The number of methoxy groups -OCH3 is 3. The lowest BCUT2D eigenvalue weighted by atomic mass is 10.4. The van der Waals surface area contributed by atoms with E-state index in [9.17, 15) is 4.79 Å². The van der Waals surface area contributed by atoms with Gasteiger partial charge in [-0.3, -0.25) is 0 Å². The van der Waals surface area contributed by atoms with Crippen LogP contribution in [0.15, 0.2) is 0 Å². The Hall–Kier alpha value is -1.05. The fraction of sp³-hybridized carbons (Fsp3) is 0.625. The van der Waals surface area contributed by atoms with E-state index in [1.54, 1.807) is 0 Å². The van der Waals surface area contributed by atoms with Crippen LogP contribution in [0.1, 0.15) is 0 Å². The molecule has 0 bridgehead atoms. The molecule has 0 aromatic heterocycles. The van der Waals surface area contributed by atoms with Crippen molar-refractivity contribution in [1.82, 2.24) is 0 Å². The molecule has 4 heteroatoms. The maximum Gasteiger partial charge on any atom is 0.384 e. The number of hydrogen-bond donors (Lipinski definition) is 0. The molecule has 0 N–H and O–H groups in total. The first-order chi connectivity index (χ1) is 5.74. The van der Waals surface area contributed by atoms with Crippen molar-refractivity contribution in [2.75, 3.05) is 27.9 Å². The predicted octanol–water partition coefficient (Wildman–Crippen LogP) is -0.176. The molecule has 4 nitrogen and oxygen atoms in total. The van der Waals surface area contributed by atoms with Crippen LogP contribution >= 0.6 is 0 Å². The Labute approximate surface area is 71.8 Å². The molecule has 1 atom stereocenters. The summed E-state index contributed by atoms with van der Waals surface area (Å²) < 4.78 is 14.0. The van der Waals surface area contributed by atoms with Crippen molar-refractivity contribution in [1.29, 1.82) is 0 Å². The standard InChI is InChI=1S/C8H12O4/c1-10-6-7(11-2)4-5-8(9)12-3/h7H,6H2,1-3H3. The molecule has 0 aliphatic heterocycles. The zero-order chi connectivity index (χ0) is 9.40. The average molecular weight is 172 g/mol. The minimum Gasteiger partial charge on any atom is -0.459 e. The van der Waals surface area contributed by atoms with E-state index >= 15 is 0 Å². The summed E-state index contributed by atoms with van der Waals surface area (Å²) in [6.45, 7) is 0.334. The van der Waals surface area contributed by atoms with E-state index < -0.39 is 5.97 Å². The number of rotatable bonds is 3. The number of carbonyl (C=O) groups excluding carboxylic acids is 1. The minimum absolute atomic E-state index is 0.334. The first kappa shape index (κ1) is 11.0. The Kier molecular flexibility index (Phi) is 6.07. The third kappa shape index (κ3) is 4.72. The van der Waals surface area contributed by atoms with Crippen molar-refractivity contribution < 1.29 is 19.0 Å². The van der Waals surface area contributed by atoms with Crippen LogP contribution in [0.2, 0.25) is 0 Å². The van der Waals surface area contributed by atoms with Gasteiger partial charge in [0.1, 0.15) is 6.10 Å². The Morgan fingerprint density at radius 2 is 2.08 bits per heavy atom. The molecule has 0 fully saturated rings. The van der Waals surface area contributed by atoms with Gasteiger partial charge < -0.3 is 14.2 Å². The maximum absolute atomic E-state index is 10.5. The maximum atomic E-state index is 10.5. The summed E-state index contributed by atoms with van der Waals surface area (Å²) in [4.78, 5) is 10.5. The van der Waals surface area contributed by atoms with E-state index in [4.69, 9.17) is 9.47 Å². The van der Waals surface area contributed by atoms with Crippen LogP contribution in [0.4, 0.5) is 0 Å². The van der Waals surface area contributed by atoms with Gasteiger partial charge in [0.25, 0.3) is 0 Å². The van der Waals surface area contributed by atoms with Gasteiger partial charge in [0.15, 0.2) is 0 Å². The largest absolute Gasteiger partial charge is 0.459 e. The molecular formula is C8H12O4. The Morgan fingerprint density at radius 1 is 1.42 bits per heavy atom. The Morgan fingerprint density at radius 3 is 2.50 bits per heavy atom. The summed E-state index contributed by atoms with van der Waals surface area (Å²) in [5.41, 5.74) is 0. The number of esters is 1. The zero-order valence-corrected chi connectivity index (χ0v) is 7.42. The summed E-state index contributed by atoms with van der Waals surface area (Å²) >= 11 is 0. The normalized spacial score (nSPS) is 11.2. The van der Waals surface area contributed by atoms with Gasteiger partial charge in [0, 0.05) is 20.1 Å². The second-order valence-electron chi connectivity index (χ2n) is 1.94. The van der Waals surface area contributed by atoms with Gasteiger partial charge in [-0.1, -0.05) is 5.92 Å². The number of hydrogen-bond acceptors (Lipinski definition) is 4. The molecule has 0 spiro atoms. The molecule has 0 rings (SSSR count). The van der Waals surface area contributed by atoms with E-state index in [2.05, 4.69) is 16.6 Å². The monoisotopic (exact) mass is 172 g/mol. The lowest BCUT2D eigenvalue weighted by Crippen LogP contribution is -2.15. The topological polar surface area (TPSA) is 44.8 Å². The van der Waals surface area contributed by atoms with Gasteiger partial charge in [-0.15, -0.1) is 0 Å². The molecule has 0 aromatic rings. The van der Waals surface area contributed by atoms with Gasteiger partial charge in [-0.05, 0) is 0 Å². The van der Waals surface area contributed by atoms with Crippen molar-refractivity contribution in [3.8, 4) is 11.8 Å². The quantitative estimate of drug-likeness (QED) is 0.336. The first-order valence-corrected chi connectivity index (χ1v) is 3.35. The number of ether oxygens (including phenoxy) is 3. The van der Waals surface area contributed by atoms with Crippen LogP contribution in [0.5, 0.6) is 0 Å². The molecule has 0 aliphatic carbocycles. The second kappa shape index (κ2) is 6.65. The smallest absolute Gasteiger partial charge is 0.384 e. The van der Waals surface area contributed by atoms with Crippen molar-refractivity contribution in [2.45, 2.75) is 6.10 Å². The van der Waals surface area contributed by atoms with Crippen molar-refractivity contribution in [3.63, 3.8) is 0 Å². The van der Waals surface area contributed by atoms with E-state index in [0.29, 0.717) is 6.61 Å². The highest BCUT2D eigenvalue weighted by molar-refractivity contribution is 5.88. The summed E-state index contributed by atoms with van der Waals surface area (Å²) in [6, 6.07) is 0. The lowest BCUT2D eigenvalue weighted by molar-refractivity contribution is -0.133. The van der Waals surface area contributed by atoms with Gasteiger partial charge in [0.2, 0.25) is 0 Å². The van der Waals surface area contributed by atoms with Crippen LogP contribution < -0.4 is 0 Å². The van der Waals surface area contributed by atoms with Crippen LogP contribution in [-0.2, 0) is 19.0 Å². The molecule has 0 amide bonds. The highest BCUT2D eigenvalue weighted by Crippen LogP contribution is 1.87. The van der Waals surface area contributed by atoms with Gasteiger partial charge in [-0.2, -0.15) is 0 Å². The Bertz CT molecular complexity index is 189. The summed E-state index contributed by atoms with van der Waals surface area (Å²) in [7, 11) is 4.30. The second-order valence-corrected chi connectivity index (χ2v) is 1.94. The number of carbonyl (C=O) groups is 1. The van der Waals surface area contributed by atoms with Gasteiger partial charge in [-0.25, -0.2) is 4.79 Å². The first-order valence-electron chi connectivity index (χ1n) is 3.35. The molecule has 0 saturated heterocycles. The van der Waals surface area contributed by atoms with Crippen molar-refractivity contribution in [3.05, 3.63) is 0 Å². The van der Waals surface area contributed by atoms with Crippen molar-refractivity contribution >= 4 is 5.97 Å². The van der Waals surface area contributed by atoms with Gasteiger partial charge >= 0.3 is 5.97 Å². The molecule has 0 aromatic carbocycles. The average Bonchev–Trinajstić information content (AvgIpc) is 2.11. The van der Waals surface area contributed by atoms with Crippen LogP contribution in [0.3, 0.4) is 0 Å². The fourth-order valence-electron chi connectivity index (χ4n) is 0.510. The van der Waals surface area contributed by atoms with Crippen LogP contribution in [0.25, 0.3) is 0 Å². The molecule has 12 heavy (non-hydrogen) atoms. The fourth-order valence-corrected chi connectivity index (χ4v) is 0.510. The molecule has 0 aliphatic rings. The van der Waals surface area contributed by atoms with E-state index in [1.807, 2.05) is 0 Å². The van der Waals surface area contributed by atoms with Crippen molar-refractivity contribution in [2.24, 2.45) is 0 Å². The SMILES string of the molecule is COCC(C#CC(=O)OC)OC. The van der Waals surface area contributed by atoms with Crippen LogP contribution in [-0.4, -0.2) is 40.0 Å². The van der Waals surface area contributed by atoms with Crippen LogP contribution in [0, 0.1) is 11.8 Å². The zero-order valence-electron chi connectivity index (χ0n) is 7.42. The molecule has 68 valence electrons. The van der Waals surface area contributed by atoms with E-state index in [0.717, 1.165) is 0 Å². The van der Waals surface area contributed by atoms with Gasteiger partial charge in [0.05, 0.1) is 13.7 Å².